The number of amides is 5. The number of carbonyl (C=O) groups is 5. The van der Waals surface area contributed by atoms with Gasteiger partial charge in [0.15, 0.2) is 11.5 Å². The molecule has 3 N–H and O–H groups in total. The Hall–Kier alpha value is -5.59. The van der Waals surface area contributed by atoms with Gasteiger partial charge in [0, 0.05) is 63.0 Å². The number of ether oxygens (including phenoxy) is 1. The van der Waals surface area contributed by atoms with E-state index in [0.29, 0.717) is 28.3 Å². The summed E-state index contributed by atoms with van der Waals surface area (Å²) in [5, 5.41) is 20.2. The maximum atomic E-state index is 13.7. The lowest BCUT2D eigenvalue weighted by molar-refractivity contribution is -0.136. The zero-order chi connectivity index (χ0) is 40.5. The Morgan fingerprint density at radius 1 is 0.879 bits per heavy atom. The second-order valence-electron chi connectivity index (χ2n) is 16.0. The van der Waals surface area contributed by atoms with Crippen LogP contribution in [0.3, 0.4) is 0 Å². The summed E-state index contributed by atoms with van der Waals surface area (Å²) in [6.45, 7) is 4.16. The van der Waals surface area contributed by atoms with Crippen LogP contribution in [0.1, 0.15) is 101 Å². The molecule has 2 aromatic carbocycles. The first-order valence-electron chi connectivity index (χ1n) is 20.2. The van der Waals surface area contributed by atoms with Crippen LogP contribution in [0.5, 0.6) is 5.75 Å². The van der Waals surface area contributed by atoms with Crippen molar-refractivity contribution in [3.05, 3.63) is 75.9 Å². The van der Waals surface area contributed by atoms with Gasteiger partial charge in [-0.1, -0.05) is 11.6 Å². The molecular formula is C42H46ClN9O6. The number of hydrogen-bond donors (Lipinski definition) is 2. The second kappa shape index (κ2) is 16.7. The van der Waals surface area contributed by atoms with Gasteiger partial charge >= 0.3 is 0 Å². The van der Waals surface area contributed by atoms with Gasteiger partial charge in [-0.15, -0.1) is 10.2 Å². The molecule has 1 saturated carbocycles. The van der Waals surface area contributed by atoms with Gasteiger partial charge < -0.3 is 20.3 Å². The SMILES string of the molecule is N#Cc1ccc(OC2CCC(N(CC3CCN(c4ccc(C(N)=O)nn4)CC3)[C@H]3CCCN(c4ccc5c(c4)C(=O)N([C@H]4CCC(=O)NC4=O)C5=O)C3)CC2)cc1Cl. The number of piperidine rings is 3. The van der Waals surface area contributed by atoms with Crippen LogP contribution in [0.4, 0.5) is 11.5 Å². The third-order valence-electron chi connectivity index (χ3n) is 12.4. The van der Waals surface area contributed by atoms with E-state index in [2.05, 4.69) is 36.3 Å². The molecule has 5 amide bonds. The number of nitrogens with two attached hydrogens (primary N) is 1. The van der Waals surface area contributed by atoms with E-state index >= 15 is 0 Å². The van der Waals surface area contributed by atoms with E-state index in [1.54, 1.807) is 42.5 Å². The van der Waals surface area contributed by atoms with E-state index in [4.69, 9.17) is 22.1 Å². The Balaban J connectivity index is 0.966. The normalized spacial score (nSPS) is 24.1. The maximum absolute atomic E-state index is 13.7. The standard InChI is InChI=1S/C42H46ClN9O6/c43-34-21-31(7-3-26(34)22-44)58-30-8-4-27(5-9-30)51(23-25-15-18-49(19-16-25)37-13-11-35(39(45)54)47-48-37)29-2-1-17-50(24-29)28-6-10-32-33(20-28)42(57)52(41(32)56)36-12-14-38(53)46-40(36)55/h3,6-7,10-11,13,20-21,25,27,29-30,36H,1-2,4-5,8-9,12,14-19,23-24H2,(H2,45,54)(H,46,53,55)/t27?,29-,30?,36-/m0/s1. The number of aromatic nitrogens is 2. The van der Waals surface area contributed by atoms with Gasteiger partial charge in [-0.25, -0.2) is 0 Å². The zero-order valence-corrected chi connectivity index (χ0v) is 32.9. The van der Waals surface area contributed by atoms with E-state index < -0.39 is 35.6 Å². The molecule has 0 bridgehead atoms. The molecule has 16 heteroatoms. The smallest absolute Gasteiger partial charge is 0.269 e. The summed E-state index contributed by atoms with van der Waals surface area (Å²) in [6, 6.07) is 15.7. The summed E-state index contributed by atoms with van der Waals surface area (Å²) >= 11 is 6.30. The van der Waals surface area contributed by atoms with Gasteiger partial charge in [0.25, 0.3) is 17.7 Å². The van der Waals surface area contributed by atoms with Gasteiger partial charge in [0.2, 0.25) is 11.8 Å². The number of halogens is 1. The third-order valence-corrected chi connectivity index (χ3v) is 12.8. The Morgan fingerprint density at radius 3 is 2.34 bits per heavy atom. The van der Waals surface area contributed by atoms with E-state index in [1.807, 2.05) is 6.07 Å². The van der Waals surface area contributed by atoms with Crippen LogP contribution in [0.15, 0.2) is 48.5 Å². The molecule has 0 unspecified atom stereocenters. The van der Waals surface area contributed by atoms with Crippen molar-refractivity contribution in [1.29, 1.82) is 5.26 Å². The summed E-state index contributed by atoms with van der Waals surface area (Å²) in [5.41, 5.74) is 7.36. The number of hydrogen-bond acceptors (Lipinski definition) is 12. The Morgan fingerprint density at radius 2 is 1.66 bits per heavy atom. The summed E-state index contributed by atoms with van der Waals surface area (Å²) in [7, 11) is 0. The topological polar surface area (TPSA) is 195 Å². The molecule has 2 atom stereocenters. The number of fused-ring (bicyclic) bond motifs is 1. The third kappa shape index (κ3) is 8.08. The molecule has 1 aromatic heterocycles. The van der Waals surface area contributed by atoms with E-state index in [9.17, 15) is 29.2 Å². The molecular weight excluding hydrogens is 762 g/mol. The van der Waals surface area contributed by atoms with Gasteiger partial charge in [0.05, 0.1) is 27.8 Å². The van der Waals surface area contributed by atoms with Crippen LogP contribution in [-0.4, -0.2) is 106 Å². The lowest BCUT2D eigenvalue weighted by atomic mass is 9.87. The highest BCUT2D eigenvalue weighted by Crippen LogP contribution is 2.36. The average molecular weight is 808 g/mol. The Bertz CT molecular complexity index is 2140. The average Bonchev–Trinajstić information content (AvgIpc) is 3.48. The van der Waals surface area contributed by atoms with Crippen molar-refractivity contribution in [2.45, 2.75) is 88.4 Å². The van der Waals surface area contributed by atoms with Gasteiger partial charge in [-0.05, 0) is 106 Å². The number of nitrogens with one attached hydrogen (secondary N) is 1. The van der Waals surface area contributed by atoms with Crippen LogP contribution in [0.25, 0.3) is 0 Å². The highest BCUT2D eigenvalue weighted by atomic mass is 35.5. The molecule has 15 nitrogen and oxygen atoms in total. The van der Waals surface area contributed by atoms with Crippen molar-refractivity contribution < 1.29 is 28.7 Å². The molecule has 3 saturated heterocycles. The van der Waals surface area contributed by atoms with Crippen LogP contribution >= 0.6 is 11.6 Å². The molecule has 5 heterocycles. The molecule has 5 aliphatic rings. The van der Waals surface area contributed by atoms with Crippen molar-refractivity contribution in [3.8, 4) is 11.8 Å². The number of carbonyl (C=O) groups excluding carboxylic acids is 5. The highest BCUT2D eigenvalue weighted by molar-refractivity contribution is 6.31. The summed E-state index contributed by atoms with van der Waals surface area (Å²) < 4.78 is 6.36. The van der Waals surface area contributed by atoms with E-state index in [-0.39, 0.29) is 41.8 Å². The van der Waals surface area contributed by atoms with Gasteiger partial charge in [-0.2, -0.15) is 5.26 Å². The lowest BCUT2D eigenvalue weighted by Gasteiger charge is -2.47. The number of imide groups is 2. The number of nitriles is 1. The molecule has 58 heavy (non-hydrogen) atoms. The Kier molecular flexibility index (Phi) is 11.3. The lowest BCUT2D eigenvalue weighted by Crippen LogP contribution is -2.55. The predicted molar refractivity (Wildman–Crippen MR) is 213 cm³/mol. The van der Waals surface area contributed by atoms with Gasteiger partial charge in [-0.3, -0.25) is 39.1 Å². The first-order valence-corrected chi connectivity index (χ1v) is 20.5. The molecule has 302 valence electrons. The minimum absolute atomic E-state index is 0.0432. The summed E-state index contributed by atoms with van der Waals surface area (Å²) in [5.74, 6) is -0.778. The minimum Gasteiger partial charge on any atom is -0.490 e. The molecule has 1 aliphatic carbocycles. The van der Waals surface area contributed by atoms with Crippen LogP contribution in [-0.2, 0) is 9.59 Å². The second-order valence-corrected chi connectivity index (χ2v) is 16.4. The predicted octanol–water partition coefficient (Wildman–Crippen LogP) is 4.08. The summed E-state index contributed by atoms with van der Waals surface area (Å²) in [4.78, 5) is 71.2. The first kappa shape index (κ1) is 39.2. The van der Waals surface area contributed by atoms with Crippen molar-refractivity contribution in [3.63, 3.8) is 0 Å². The van der Waals surface area contributed by atoms with Crippen molar-refractivity contribution in [2.24, 2.45) is 11.7 Å². The number of benzene rings is 2. The fourth-order valence-corrected chi connectivity index (χ4v) is 9.54. The van der Waals surface area contributed by atoms with E-state index in [0.717, 1.165) is 100 Å². The largest absolute Gasteiger partial charge is 0.490 e. The number of anilines is 2. The fourth-order valence-electron chi connectivity index (χ4n) is 9.33. The fraction of sp³-hybridized carbons (Fsp3) is 0.476. The highest BCUT2D eigenvalue weighted by Gasteiger charge is 2.45. The first-order chi connectivity index (χ1) is 28.1. The molecule has 0 spiro atoms. The monoisotopic (exact) mass is 807 g/mol. The van der Waals surface area contributed by atoms with Crippen molar-refractivity contribution >= 4 is 52.6 Å². The van der Waals surface area contributed by atoms with Crippen LogP contribution in [0, 0.1) is 17.2 Å². The molecule has 4 aliphatic heterocycles. The summed E-state index contributed by atoms with van der Waals surface area (Å²) in [6.07, 6.45) is 7.90. The van der Waals surface area contributed by atoms with Crippen molar-refractivity contribution in [1.82, 2.24) is 25.3 Å². The Labute approximate surface area is 341 Å². The quantitative estimate of drug-likeness (QED) is 0.279. The number of primary amides is 1. The minimum atomic E-state index is -1.01. The molecule has 0 radical (unpaired) electrons. The van der Waals surface area contributed by atoms with Crippen molar-refractivity contribution in [2.75, 3.05) is 42.5 Å². The van der Waals surface area contributed by atoms with Crippen LogP contribution < -0.4 is 25.6 Å². The molecule has 4 fully saturated rings. The maximum Gasteiger partial charge on any atom is 0.269 e. The zero-order valence-electron chi connectivity index (χ0n) is 32.1. The van der Waals surface area contributed by atoms with E-state index in [1.165, 1.54) is 0 Å². The number of rotatable bonds is 10. The molecule has 8 rings (SSSR count). The number of nitrogens with zero attached hydrogens (tertiary/aromatic N) is 7. The van der Waals surface area contributed by atoms with Crippen LogP contribution in [0.2, 0.25) is 5.02 Å². The van der Waals surface area contributed by atoms with Gasteiger partial charge in [0.1, 0.15) is 17.9 Å². The molecule has 3 aromatic rings.